The number of aromatic nitrogens is 4. The number of aromatic amines is 2. The van der Waals surface area contributed by atoms with E-state index in [4.69, 9.17) is 4.98 Å². The van der Waals surface area contributed by atoms with Crippen LogP contribution in [-0.2, 0) is 10.0 Å². The quantitative estimate of drug-likeness (QED) is 0.349. The van der Waals surface area contributed by atoms with Crippen LogP contribution >= 0.6 is 0 Å². The van der Waals surface area contributed by atoms with Gasteiger partial charge in [-0.05, 0) is 55.6 Å². The number of hydrogen-bond acceptors (Lipinski definition) is 6. The predicted molar refractivity (Wildman–Crippen MR) is 138 cm³/mol. The van der Waals surface area contributed by atoms with Gasteiger partial charge in [0.1, 0.15) is 5.69 Å². The number of likely N-dealkylation sites (N-methyl/N-ethyl adjacent to an activating group) is 1. The molecule has 5 aromatic rings. The number of nitrogens with zero attached hydrogens (tertiary/aromatic N) is 4. The highest BCUT2D eigenvalue weighted by molar-refractivity contribution is 7.92. The number of rotatable bonds is 5. The summed E-state index contributed by atoms with van der Waals surface area (Å²) in [6.07, 6.45) is 0. The van der Waals surface area contributed by atoms with Crippen LogP contribution in [0.4, 0.5) is 11.4 Å². The summed E-state index contributed by atoms with van der Waals surface area (Å²) in [5.74, 6) is 0.629. The highest BCUT2D eigenvalue weighted by Gasteiger charge is 2.18. The van der Waals surface area contributed by atoms with E-state index < -0.39 is 10.0 Å². The number of benzene rings is 3. The fourth-order valence-corrected chi connectivity index (χ4v) is 5.51. The Bertz CT molecular complexity index is 1620. The summed E-state index contributed by atoms with van der Waals surface area (Å²) in [5, 5.41) is 8.26. The zero-order valence-corrected chi connectivity index (χ0v) is 20.0. The monoisotopic (exact) mass is 487 g/mol. The van der Waals surface area contributed by atoms with E-state index in [0.29, 0.717) is 17.2 Å². The highest BCUT2D eigenvalue weighted by atomic mass is 32.2. The molecule has 1 aliphatic heterocycles. The van der Waals surface area contributed by atoms with Gasteiger partial charge >= 0.3 is 0 Å². The highest BCUT2D eigenvalue weighted by Crippen LogP contribution is 2.30. The van der Waals surface area contributed by atoms with E-state index >= 15 is 0 Å². The Balaban J connectivity index is 1.33. The molecule has 1 saturated heterocycles. The van der Waals surface area contributed by atoms with Crippen LogP contribution in [0.25, 0.3) is 33.5 Å². The summed E-state index contributed by atoms with van der Waals surface area (Å²) in [5.41, 5.74) is 4.85. The number of H-pyrrole nitrogens is 2. The summed E-state index contributed by atoms with van der Waals surface area (Å²) < 4.78 is 28.2. The van der Waals surface area contributed by atoms with E-state index in [1.54, 1.807) is 42.5 Å². The first-order chi connectivity index (χ1) is 17.0. The van der Waals surface area contributed by atoms with E-state index in [2.05, 4.69) is 48.9 Å². The fraction of sp³-hybridized carbons (Fsp3) is 0.200. The lowest BCUT2D eigenvalue weighted by Crippen LogP contribution is -2.44. The number of fused-ring (bicyclic) bond motifs is 2. The van der Waals surface area contributed by atoms with Gasteiger partial charge in [0, 0.05) is 42.9 Å². The van der Waals surface area contributed by atoms with Gasteiger partial charge in [-0.15, -0.1) is 0 Å². The van der Waals surface area contributed by atoms with Gasteiger partial charge < -0.3 is 14.8 Å². The molecule has 0 amide bonds. The molecule has 0 saturated carbocycles. The van der Waals surface area contributed by atoms with Crippen molar-refractivity contribution >= 4 is 43.3 Å². The minimum atomic E-state index is -3.69. The van der Waals surface area contributed by atoms with Crippen molar-refractivity contribution in [1.29, 1.82) is 0 Å². The molecule has 0 aliphatic carbocycles. The minimum absolute atomic E-state index is 0.209. The number of hydrogen-bond donors (Lipinski definition) is 3. The Morgan fingerprint density at radius 1 is 0.914 bits per heavy atom. The molecule has 1 fully saturated rings. The molecule has 0 unspecified atom stereocenters. The van der Waals surface area contributed by atoms with Gasteiger partial charge in [0.05, 0.1) is 21.4 Å². The van der Waals surface area contributed by atoms with Crippen molar-refractivity contribution in [3.63, 3.8) is 0 Å². The minimum Gasteiger partial charge on any atom is -0.369 e. The van der Waals surface area contributed by atoms with Crippen molar-refractivity contribution in [1.82, 2.24) is 25.1 Å². The van der Waals surface area contributed by atoms with Crippen LogP contribution in [0.3, 0.4) is 0 Å². The van der Waals surface area contributed by atoms with Crippen LogP contribution < -0.4 is 9.62 Å². The third-order valence-corrected chi connectivity index (χ3v) is 7.82. The van der Waals surface area contributed by atoms with Crippen LogP contribution in [0, 0.1) is 0 Å². The second kappa shape index (κ2) is 8.40. The van der Waals surface area contributed by atoms with Gasteiger partial charge in [0.2, 0.25) is 0 Å². The molecule has 0 spiro atoms. The summed E-state index contributed by atoms with van der Waals surface area (Å²) in [6.45, 7) is 4.08. The Kier molecular flexibility index (Phi) is 5.19. The molecule has 2 aromatic heterocycles. The number of anilines is 2. The van der Waals surface area contributed by atoms with Crippen molar-refractivity contribution in [2.75, 3.05) is 42.8 Å². The topological polar surface area (TPSA) is 110 Å². The van der Waals surface area contributed by atoms with E-state index in [1.165, 1.54) is 5.69 Å². The van der Waals surface area contributed by atoms with E-state index in [0.717, 1.165) is 48.1 Å². The standard InChI is InChI=1S/C25H25N7O2S/c1-31-11-13-32(14-12-31)18-8-10-22-23(16-18)27-25(26-22)24-20-15-17(7-9-21(20)28-29-24)30-35(33,34)19-5-3-2-4-6-19/h2-10,15-16,30H,11-14H2,1H3,(H,26,27)(H,28,29). The van der Waals surface area contributed by atoms with Crippen LogP contribution in [0.5, 0.6) is 0 Å². The zero-order valence-electron chi connectivity index (χ0n) is 19.2. The third kappa shape index (κ3) is 4.11. The average molecular weight is 488 g/mol. The van der Waals surface area contributed by atoms with Crippen molar-refractivity contribution in [2.24, 2.45) is 0 Å². The second-order valence-electron chi connectivity index (χ2n) is 8.83. The number of nitrogens with one attached hydrogen (secondary N) is 3. The molecule has 3 N–H and O–H groups in total. The molecule has 9 nitrogen and oxygen atoms in total. The Labute approximate surface area is 202 Å². The van der Waals surface area contributed by atoms with Gasteiger partial charge in [0.15, 0.2) is 5.82 Å². The first-order valence-corrected chi connectivity index (χ1v) is 12.9. The third-order valence-electron chi connectivity index (χ3n) is 6.43. The Hall–Kier alpha value is -3.89. The molecular weight excluding hydrogens is 462 g/mol. The maximum Gasteiger partial charge on any atom is 0.261 e. The molecule has 10 heteroatoms. The largest absolute Gasteiger partial charge is 0.369 e. The summed E-state index contributed by atoms with van der Waals surface area (Å²) >= 11 is 0. The lowest BCUT2D eigenvalue weighted by Gasteiger charge is -2.34. The Morgan fingerprint density at radius 3 is 2.51 bits per heavy atom. The first-order valence-electron chi connectivity index (χ1n) is 11.5. The van der Waals surface area contributed by atoms with E-state index in [9.17, 15) is 8.42 Å². The van der Waals surface area contributed by atoms with Crippen molar-refractivity contribution in [3.8, 4) is 11.5 Å². The predicted octanol–water partition coefficient (Wildman–Crippen LogP) is 3.66. The van der Waals surface area contributed by atoms with Crippen molar-refractivity contribution in [3.05, 3.63) is 66.7 Å². The fourth-order valence-electron chi connectivity index (χ4n) is 4.44. The smallest absolute Gasteiger partial charge is 0.261 e. The molecule has 0 radical (unpaired) electrons. The normalized spacial score (nSPS) is 15.2. The number of piperazine rings is 1. The zero-order chi connectivity index (χ0) is 24.0. The maximum atomic E-state index is 12.8. The van der Waals surface area contributed by atoms with E-state index in [-0.39, 0.29) is 4.90 Å². The first kappa shape index (κ1) is 21.6. The molecule has 0 bridgehead atoms. The van der Waals surface area contributed by atoms with E-state index in [1.807, 2.05) is 12.1 Å². The molecule has 178 valence electrons. The number of imidazole rings is 1. The lowest BCUT2D eigenvalue weighted by molar-refractivity contribution is 0.313. The van der Waals surface area contributed by atoms with Gasteiger partial charge in [0.25, 0.3) is 10.0 Å². The maximum absolute atomic E-state index is 12.8. The lowest BCUT2D eigenvalue weighted by atomic mass is 10.2. The summed E-state index contributed by atoms with van der Waals surface area (Å²) in [6, 6.07) is 19.9. The van der Waals surface area contributed by atoms with Crippen LogP contribution in [0.2, 0.25) is 0 Å². The Morgan fingerprint density at radius 2 is 1.71 bits per heavy atom. The molecule has 1 aliphatic rings. The molecule has 3 heterocycles. The van der Waals surface area contributed by atoms with Gasteiger partial charge in [-0.25, -0.2) is 13.4 Å². The van der Waals surface area contributed by atoms with Crippen LogP contribution in [0.1, 0.15) is 0 Å². The molecule has 3 aromatic carbocycles. The van der Waals surface area contributed by atoms with Crippen LogP contribution in [-0.4, -0.2) is 66.7 Å². The molecule has 0 atom stereocenters. The summed E-state index contributed by atoms with van der Waals surface area (Å²) in [7, 11) is -1.55. The van der Waals surface area contributed by atoms with Gasteiger partial charge in [-0.2, -0.15) is 5.10 Å². The molecule has 6 rings (SSSR count). The van der Waals surface area contributed by atoms with Crippen molar-refractivity contribution in [2.45, 2.75) is 4.90 Å². The average Bonchev–Trinajstić information content (AvgIpc) is 3.48. The molecule has 35 heavy (non-hydrogen) atoms. The number of sulfonamides is 1. The second-order valence-corrected chi connectivity index (χ2v) is 10.5. The molecular formula is C25H25N7O2S. The van der Waals surface area contributed by atoms with Gasteiger partial charge in [-0.3, -0.25) is 9.82 Å². The van der Waals surface area contributed by atoms with Gasteiger partial charge in [-0.1, -0.05) is 18.2 Å². The summed E-state index contributed by atoms with van der Waals surface area (Å²) in [4.78, 5) is 13.1. The SMILES string of the molecule is CN1CCN(c2ccc3nc(-c4n[nH]c5ccc(NS(=O)(=O)c6ccccc6)cc45)[nH]c3c2)CC1. The van der Waals surface area contributed by atoms with Crippen LogP contribution in [0.15, 0.2) is 71.6 Å². The van der Waals surface area contributed by atoms with Crippen molar-refractivity contribution < 1.29 is 8.42 Å².